The molecule has 0 aliphatic heterocycles. The van der Waals surface area contributed by atoms with Gasteiger partial charge in [0.15, 0.2) is 0 Å². The van der Waals surface area contributed by atoms with Crippen molar-refractivity contribution >= 4 is 11.7 Å². The molecule has 0 spiro atoms. The van der Waals surface area contributed by atoms with Gasteiger partial charge in [0.2, 0.25) is 0 Å². The Labute approximate surface area is 111 Å². The maximum Gasteiger partial charge on any atom is 0.326 e. The second-order valence-electron chi connectivity index (χ2n) is 4.27. The molecule has 2 aromatic carbocycles. The Morgan fingerprint density at radius 3 is 2.26 bits per heavy atom. The van der Waals surface area contributed by atoms with Crippen LogP contribution in [-0.4, -0.2) is 22.2 Å². The Morgan fingerprint density at radius 2 is 1.68 bits per heavy atom. The Balaban J connectivity index is 2.08. The maximum absolute atomic E-state index is 11.3. The average Bonchev–Trinajstić information content (AvgIpc) is 2.41. The number of para-hydroxylation sites is 1. The molecule has 4 nitrogen and oxygen atoms in total. The SMILES string of the molecule is O=C(O)[C@@H](Cc1ccc(O)cc1)Nc1ccccc1. The van der Waals surface area contributed by atoms with Crippen molar-refractivity contribution in [2.45, 2.75) is 12.5 Å². The Hall–Kier alpha value is -2.49. The van der Waals surface area contributed by atoms with E-state index < -0.39 is 12.0 Å². The predicted molar refractivity (Wildman–Crippen MR) is 73.3 cm³/mol. The minimum atomic E-state index is -0.906. The number of carboxylic acid groups (broad SMARTS) is 1. The molecule has 0 aliphatic rings. The molecule has 0 aromatic heterocycles. The van der Waals surface area contributed by atoms with Crippen LogP contribution in [0.2, 0.25) is 0 Å². The zero-order valence-electron chi connectivity index (χ0n) is 10.3. The molecule has 0 amide bonds. The van der Waals surface area contributed by atoms with Crippen LogP contribution in [0.5, 0.6) is 5.75 Å². The monoisotopic (exact) mass is 257 g/mol. The summed E-state index contributed by atoms with van der Waals surface area (Å²) >= 11 is 0. The Kier molecular flexibility index (Phi) is 4.03. The minimum Gasteiger partial charge on any atom is -0.508 e. The Morgan fingerprint density at radius 1 is 1.05 bits per heavy atom. The molecule has 1 atom stereocenters. The van der Waals surface area contributed by atoms with Crippen molar-refractivity contribution in [1.82, 2.24) is 0 Å². The normalized spacial score (nSPS) is 11.8. The lowest BCUT2D eigenvalue weighted by Crippen LogP contribution is -2.31. The molecular formula is C15H15NO3. The van der Waals surface area contributed by atoms with E-state index in [1.54, 1.807) is 24.3 Å². The summed E-state index contributed by atoms with van der Waals surface area (Å²) in [5.74, 6) is -0.733. The molecule has 0 radical (unpaired) electrons. The first-order chi connectivity index (χ1) is 9.15. The predicted octanol–water partition coefficient (Wildman–Crippen LogP) is 2.50. The van der Waals surface area contributed by atoms with Crippen LogP contribution in [0.4, 0.5) is 5.69 Å². The minimum absolute atomic E-state index is 0.173. The number of carboxylic acids is 1. The van der Waals surface area contributed by atoms with Crippen LogP contribution < -0.4 is 5.32 Å². The second kappa shape index (κ2) is 5.91. The zero-order chi connectivity index (χ0) is 13.7. The molecule has 98 valence electrons. The van der Waals surface area contributed by atoms with E-state index >= 15 is 0 Å². The number of anilines is 1. The van der Waals surface area contributed by atoms with Gasteiger partial charge in [0.25, 0.3) is 0 Å². The standard InChI is InChI=1S/C15H15NO3/c17-13-8-6-11(7-9-13)10-14(15(18)19)16-12-4-2-1-3-5-12/h1-9,14,16-17H,10H2,(H,18,19)/t14-/m1/s1. The fourth-order valence-electron chi connectivity index (χ4n) is 1.80. The number of benzene rings is 2. The molecule has 0 aliphatic carbocycles. The maximum atomic E-state index is 11.3. The highest BCUT2D eigenvalue weighted by Crippen LogP contribution is 2.14. The number of hydrogen-bond acceptors (Lipinski definition) is 3. The number of aliphatic carboxylic acids is 1. The number of phenolic OH excluding ortho intramolecular Hbond substituents is 1. The third kappa shape index (κ3) is 3.74. The van der Waals surface area contributed by atoms with Crippen LogP contribution in [0.15, 0.2) is 54.6 Å². The topological polar surface area (TPSA) is 69.6 Å². The first-order valence-electron chi connectivity index (χ1n) is 5.97. The van der Waals surface area contributed by atoms with Crippen molar-refractivity contribution < 1.29 is 15.0 Å². The van der Waals surface area contributed by atoms with Gasteiger partial charge in [-0.3, -0.25) is 0 Å². The first-order valence-corrected chi connectivity index (χ1v) is 5.97. The van der Waals surface area contributed by atoms with E-state index in [2.05, 4.69) is 5.32 Å². The van der Waals surface area contributed by atoms with Gasteiger partial charge in [-0.05, 0) is 29.8 Å². The molecule has 0 bridgehead atoms. The second-order valence-corrected chi connectivity index (χ2v) is 4.27. The van der Waals surface area contributed by atoms with Crippen LogP contribution in [0.1, 0.15) is 5.56 Å². The van der Waals surface area contributed by atoms with E-state index in [0.29, 0.717) is 6.42 Å². The van der Waals surface area contributed by atoms with E-state index in [1.807, 2.05) is 30.3 Å². The van der Waals surface area contributed by atoms with Crippen LogP contribution >= 0.6 is 0 Å². The molecular weight excluding hydrogens is 242 g/mol. The quantitative estimate of drug-likeness (QED) is 0.769. The summed E-state index contributed by atoms with van der Waals surface area (Å²) in [7, 11) is 0. The van der Waals surface area contributed by atoms with Gasteiger partial charge < -0.3 is 15.5 Å². The molecule has 4 heteroatoms. The fraction of sp³-hybridized carbons (Fsp3) is 0.133. The van der Waals surface area contributed by atoms with Crippen LogP contribution in [0.3, 0.4) is 0 Å². The van der Waals surface area contributed by atoms with E-state index in [-0.39, 0.29) is 5.75 Å². The van der Waals surface area contributed by atoms with Gasteiger partial charge in [0.1, 0.15) is 11.8 Å². The summed E-state index contributed by atoms with van der Waals surface area (Å²) in [4.78, 5) is 11.3. The molecule has 0 saturated carbocycles. The van der Waals surface area contributed by atoms with Crippen molar-refractivity contribution in [2.75, 3.05) is 5.32 Å². The number of phenols is 1. The Bertz CT molecular complexity index is 537. The first kappa shape index (κ1) is 13.0. The van der Waals surface area contributed by atoms with Gasteiger partial charge in [-0.25, -0.2) is 4.79 Å². The number of aromatic hydroxyl groups is 1. The summed E-state index contributed by atoms with van der Waals surface area (Å²) < 4.78 is 0. The highest BCUT2D eigenvalue weighted by atomic mass is 16.4. The summed E-state index contributed by atoms with van der Waals surface area (Å²) in [5.41, 5.74) is 1.63. The van der Waals surface area contributed by atoms with Crippen LogP contribution in [0, 0.1) is 0 Å². The molecule has 19 heavy (non-hydrogen) atoms. The average molecular weight is 257 g/mol. The van der Waals surface area contributed by atoms with E-state index in [4.69, 9.17) is 0 Å². The van der Waals surface area contributed by atoms with Crippen molar-refractivity contribution in [3.63, 3.8) is 0 Å². The van der Waals surface area contributed by atoms with Gasteiger partial charge in [0.05, 0.1) is 0 Å². The van der Waals surface area contributed by atoms with Crippen molar-refractivity contribution in [3.8, 4) is 5.75 Å². The summed E-state index contributed by atoms with van der Waals surface area (Å²) in [6.07, 6.45) is 0.352. The van der Waals surface area contributed by atoms with E-state index in [9.17, 15) is 15.0 Å². The molecule has 0 saturated heterocycles. The lowest BCUT2D eigenvalue weighted by atomic mass is 10.1. The molecule has 0 unspecified atom stereocenters. The van der Waals surface area contributed by atoms with Gasteiger partial charge in [-0.2, -0.15) is 0 Å². The van der Waals surface area contributed by atoms with Gasteiger partial charge >= 0.3 is 5.97 Å². The molecule has 2 aromatic rings. The molecule has 2 rings (SSSR count). The third-order valence-corrected chi connectivity index (χ3v) is 2.79. The number of carbonyl (C=O) groups is 1. The van der Waals surface area contributed by atoms with Crippen LogP contribution in [-0.2, 0) is 11.2 Å². The summed E-state index contributed by atoms with van der Waals surface area (Å²) in [6.45, 7) is 0. The molecule has 0 heterocycles. The molecule has 3 N–H and O–H groups in total. The lowest BCUT2D eigenvalue weighted by molar-refractivity contribution is -0.137. The number of hydrogen-bond donors (Lipinski definition) is 3. The highest BCUT2D eigenvalue weighted by Gasteiger charge is 2.17. The highest BCUT2D eigenvalue weighted by molar-refractivity contribution is 5.77. The summed E-state index contributed by atoms with van der Waals surface area (Å²) in [6, 6.07) is 15.1. The summed E-state index contributed by atoms with van der Waals surface area (Å²) in [5, 5.41) is 21.4. The van der Waals surface area contributed by atoms with Crippen molar-refractivity contribution in [3.05, 3.63) is 60.2 Å². The van der Waals surface area contributed by atoms with Gasteiger partial charge in [-0.15, -0.1) is 0 Å². The van der Waals surface area contributed by atoms with Crippen LogP contribution in [0.25, 0.3) is 0 Å². The number of rotatable bonds is 5. The third-order valence-electron chi connectivity index (χ3n) is 2.79. The van der Waals surface area contributed by atoms with Crippen molar-refractivity contribution in [1.29, 1.82) is 0 Å². The van der Waals surface area contributed by atoms with E-state index in [1.165, 1.54) is 0 Å². The van der Waals surface area contributed by atoms with Gasteiger partial charge in [0, 0.05) is 12.1 Å². The zero-order valence-corrected chi connectivity index (χ0v) is 10.3. The van der Waals surface area contributed by atoms with E-state index in [0.717, 1.165) is 11.3 Å². The fourth-order valence-corrected chi connectivity index (χ4v) is 1.80. The smallest absolute Gasteiger partial charge is 0.326 e. The lowest BCUT2D eigenvalue weighted by Gasteiger charge is -2.15. The molecule has 0 fully saturated rings. The number of nitrogens with one attached hydrogen (secondary N) is 1. The van der Waals surface area contributed by atoms with Gasteiger partial charge in [-0.1, -0.05) is 30.3 Å². The largest absolute Gasteiger partial charge is 0.508 e. The van der Waals surface area contributed by atoms with Crippen molar-refractivity contribution in [2.24, 2.45) is 0 Å².